The molecule has 0 radical (unpaired) electrons. The number of carbonyl (C=O) groups is 1. The highest BCUT2D eigenvalue weighted by atomic mass is 19.4. The lowest BCUT2D eigenvalue weighted by Gasteiger charge is -2.62. The lowest BCUT2D eigenvalue weighted by molar-refractivity contribution is -0.294. The molecular weight excluding hydrogens is 385 g/mol. The number of halogens is 3. The minimum Gasteiger partial charge on any atom is -0.458 e. The van der Waals surface area contributed by atoms with Crippen LogP contribution in [0.5, 0.6) is 0 Å². The van der Waals surface area contributed by atoms with Crippen LogP contribution in [0.15, 0.2) is 0 Å². The van der Waals surface area contributed by atoms with Gasteiger partial charge in [-0.25, -0.2) is 0 Å². The minimum absolute atomic E-state index is 0.0495. The van der Waals surface area contributed by atoms with Crippen molar-refractivity contribution in [2.24, 2.45) is 22.2 Å². The van der Waals surface area contributed by atoms with Gasteiger partial charge in [-0.15, -0.1) is 0 Å². The molecule has 4 fully saturated rings. The summed E-state index contributed by atoms with van der Waals surface area (Å²) in [6, 6.07) is 0. The van der Waals surface area contributed by atoms with E-state index < -0.39 is 51.6 Å². The quantitative estimate of drug-likeness (QED) is 0.646. The molecule has 4 aliphatic carbocycles. The molecule has 7 heteroatoms. The third-order valence-corrected chi connectivity index (χ3v) is 7.18. The van der Waals surface area contributed by atoms with E-state index in [9.17, 15) is 28.2 Å². The van der Waals surface area contributed by atoms with Crippen LogP contribution in [0.1, 0.15) is 86.5 Å². The van der Waals surface area contributed by atoms with E-state index in [4.69, 9.17) is 4.74 Å². The average molecular weight is 421 g/mol. The Hall–Kier alpha value is -0.820. The third-order valence-electron chi connectivity index (χ3n) is 7.18. The zero-order valence-electron chi connectivity index (χ0n) is 18.4. The highest BCUT2D eigenvalue weighted by Gasteiger charge is 2.71. The summed E-state index contributed by atoms with van der Waals surface area (Å²) >= 11 is 0. The van der Waals surface area contributed by atoms with E-state index >= 15 is 0 Å². The monoisotopic (exact) mass is 420 g/mol. The average Bonchev–Trinajstić information content (AvgIpc) is 2.35. The molecule has 0 aliphatic heterocycles. The van der Waals surface area contributed by atoms with Gasteiger partial charge in [-0.3, -0.25) is 4.79 Å². The van der Waals surface area contributed by atoms with Crippen LogP contribution in [0.2, 0.25) is 0 Å². The van der Waals surface area contributed by atoms with Crippen LogP contribution in [-0.4, -0.2) is 39.2 Å². The summed E-state index contributed by atoms with van der Waals surface area (Å²) in [6.45, 7) is 9.32. The summed E-state index contributed by atoms with van der Waals surface area (Å²) in [4.78, 5) is 13.4. The number of esters is 1. The molecule has 0 aromatic carbocycles. The Morgan fingerprint density at radius 1 is 0.931 bits per heavy atom. The van der Waals surface area contributed by atoms with Gasteiger partial charge in [-0.05, 0) is 42.4 Å². The second-order valence-corrected chi connectivity index (χ2v) is 12.4. The second-order valence-electron chi connectivity index (χ2n) is 12.4. The molecule has 0 spiro atoms. The predicted octanol–water partition coefficient (Wildman–Crippen LogP) is 4.76. The highest BCUT2D eigenvalue weighted by molar-refractivity contribution is 5.79. The molecule has 0 amide bonds. The molecule has 0 heterocycles. The lowest BCUT2D eigenvalue weighted by Crippen LogP contribution is -2.68. The van der Waals surface area contributed by atoms with Crippen LogP contribution in [0.4, 0.5) is 13.2 Å². The van der Waals surface area contributed by atoms with E-state index in [0.717, 1.165) is 0 Å². The van der Waals surface area contributed by atoms with E-state index in [-0.39, 0.29) is 25.2 Å². The molecule has 4 aliphatic rings. The number of hydrogen-bond acceptors (Lipinski definition) is 4. The summed E-state index contributed by atoms with van der Waals surface area (Å²) < 4.78 is 49.5. The van der Waals surface area contributed by atoms with Crippen LogP contribution in [0.3, 0.4) is 0 Å². The first kappa shape index (κ1) is 22.9. The number of rotatable bonds is 3. The molecule has 2 N–H and O–H groups in total. The van der Waals surface area contributed by atoms with Gasteiger partial charge in [-0.2, -0.15) is 13.2 Å². The minimum atomic E-state index is -4.80. The van der Waals surface area contributed by atoms with Gasteiger partial charge in [0.2, 0.25) is 0 Å². The van der Waals surface area contributed by atoms with Gasteiger partial charge in [0, 0.05) is 19.3 Å². The summed E-state index contributed by atoms with van der Waals surface area (Å²) in [5.41, 5.74) is -8.47. The van der Waals surface area contributed by atoms with Crippen LogP contribution >= 0.6 is 0 Å². The summed E-state index contributed by atoms with van der Waals surface area (Å²) in [5, 5.41) is 21.8. The molecule has 4 nitrogen and oxygen atoms in total. The van der Waals surface area contributed by atoms with E-state index in [1.54, 1.807) is 20.8 Å². The first-order valence-electron chi connectivity index (χ1n) is 10.5. The summed E-state index contributed by atoms with van der Waals surface area (Å²) in [5.74, 6) is -1.33. The van der Waals surface area contributed by atoms with Crippen molar-refractivity contribution in [3.63, 3.8) is 0 Å². The Bertz CT molecular complexity index is 654. The van der Waals surface area contributed by atoms with Gasteiger partial charge in [-0.1, -0.05) is 41.5 Å². The normalized spacial score (nSPS) is 39.3. The zero-order chi connectivity index (χ0) is 22.3. The Balaban J connectivity index is 2.01. The van der Waals surface area contributed by atoms with Crippen molar-refractivity contribution in [3.05, 3.63) is 0 Å². The Kier molecular flexibility index (Phi) is 4.82. The van der Waals surface area contributed by atoms with Gasteiger partial charge < -0.3 is 14.9 Å². The van der Waals surface area contributed by atoms with Gasteiger partial charge in [0.25, 0.3) is 0 Å². The molecule has 168 valence electrons. The maximum atomic E-state index is 14.6. The van der Waals surface area contributed by atoms with Crippen LogP contribution in [-0.2, 0) is 9.53 Å². The molecule has 0 aromatic rings. The first-order valence-corrected chi connectivity index (χ1v) is 10.5. The van der Waals surface area contributed by atoms with Gasteiger partial charge in [0.05, 0.1) is 11.2 Å². The van der Waals surface area contributed by atoms with E-state index in [1.165, 1.54) is 20.8 Å². The molecule has 3 unspecified atom stereocenters. The van der Waals surface area contributed by atoms with Gasteiger partial charge in [0.15, 0.2) is 5.41 Å². The maximum absolute atomic E-state index is 14.6. The van der Waals surface area contributed by atoms with Crippen molar-refractivity contribution < 1.29 is 32.9 Å². The Labute approximate surface area is 171 Å². The molecular formula is C22H35F3O4. The van der Waals surface area contributed by atoms with Crippen LogP contribution < -0.4 is 0 Å². The molecule has 3 atom stereocenters. The lowest BCUT2D eigenvalue weighted by atomic mass is 9.50. The number of ether oxygens (including phenoxy) is 1. The molecule has 0 aromatic heterocycles. The Morgan fingerprint density at radius 3 is 1.76 bits per heavy atom. The SMILES string of the molecule is CC(C)(C)CC(C(=O)OC12CC3CC(O)(CC(O)(C3)C1)C2)(C(C)(C)C)C(F)(F)F. The van der Waals surface area contributed by atoms with Crippen LogP contribution in [0.25, 0.3) is 0 Å². The zero-order valence-corrected chi connectivity index (χ0v) is 18.4. The fourth-order valence-electron chi connectivity index (χ4n) is 6.73. The topological polar surface area (TPSA) is 66.8 Å². The van der Waals surface area contributed by atoms with Crippen molar-refractivity contribution in [2.75, 3.05) is 0 Å². The molecule has 4 bridgehead atoms. The van der Waals surface area contributed by atoms with E-state index in [0.29, 0.717) is 19.3 Å². The van der Waals surface area contributed by atoms with Gasteiger partial charge >= 0.3 is 12.1 Å². The van der Waals surface area contributed by atoms with Crippen LogP contribution in [0, 0.1) is 22.2 Å². The summed E-state index contributed by atoms with van der Waals surface area (Å²) in [7, 11) is 0. The van der Waals surface area contributed by atoms with E-state index in [2.05, 4.69) is 0 Å². The molecule has 0 saturated heterocycles. The standard InChI is InChI=1S/C22H35F3O4/c1-16(2,3)10-21(17(4,5)6,22(23,24)25)15(26)29-20-9-14-7-18(27,12-20)11-19(28,8-14)13-20/h14,27-28H,7-13H2,1-6H3. The van der Waals surface area contributed by atoms with Crippen molar-refractivity contribution in [2.45, 2.75) is 109 Å². The molecule has 4 saturated carbocycles. The molecule has 4 rings (SSSR count). The van der Waals surface area contributed by atoms with E-state index in [1.807, 2.05) is 0 Å². The number of carbonyl (C=O) groups excluding carboxylic acids is 1. The van der Waals surface area contributed by atoms with Crippen molar-refractivity contribution in [1.29, 1.82) is 0 Å². The Morgan fingerprint density at radius 2 is 1.41 bits per heavy atom. The number of aliphatic hydroxyl groups is 2. The third kappa shape index (κ3) is 3.82. The number of hydrogen-bond donors (Lipinski definition) is 2. The fraction of sp³-hybridized carbons (Fsp3) is 0.955. The van der Waals surface area contributed by atoms with Crippen molar-refractivity contribution in [3.8, 4) is 0 Å². The summed E-state index contributed by atoms with van der Waals surface area (Å²) in [6.07, 6.45) is -3.42. The van der Waals surface area contributed by atoms with Gasteiger partial charge in [0.1, 0.15) is 5.60 Å². The van der Waals surface area contributed by atoms with Crippen molar-refractivity contribution >= 4 is 5.97 Å². The predicted molar refractivity (Wildman–Crippen MR) is 102 cm³/mol. The fourth-order valence-corrected chi connectivity index (χ4v) is 6.73. The number of alkyl halides is 3. The largest absolute Gasteiger partial charge is 0.458 e. The highest BCUT2D eigenvalue weighted by Crippen LogP contribution is 2.63. The first-order chi connectivity index (χ1) is 12.7. The maximum Gasteiger partial charge on any atom is 0.405 e. The van der Waals surface area contributed by atoms with Crippen molar-refractivity contribution in [1.82, 2.24) is 0 Å². The molecule has 29 heavy (non-hydrogen) atoms. The smallest absolute Gasteiger partial charge is 0.405 e. The second kappa shape index (κ2) is 6.12.